The third kappa shape index (κ3) is 1.34. The predicted octanol–water partition coefficient (Wildman–Crippen LogP) is -0.0700. The summed E-state index contributed by atoms with van der Waals surface area (Å²) in [5.41, 5.74) is 0. The molecule has 1 fully saturated rings. The third-order valence-corrected chi connectivity index (χ3v) is 2.38. The molecule has 12 heavy (non-hydrogen) atoms. The number of carbonyl (C=O) groups is 2. The van der Waals surface area contributed by atoms with Crippen LogP contribution in [0.25, 0.3) is 0 Å². The summed E-state index contributed by atoms with van der Waals surface area (Å²) in [6.45, 7) is 3.53. The second-order valence-electron chi connectivity index (χ2n) is 3.11. The Morgan fingerprint density at radius 3 is 2.33 bits per heavy atom. The predicted molar refractivity (Wildman–Crippen MR) is 42.3 cm³/mol. The molecule has 0 aromatic carbocycles. The van der Waals surface area contributed by atoms with E-state index in [4.69, 9.17) is 4.74 Å². The SMILES string of the molecule is CO[C@@H](C)[C@@H]1C(=O)NC(=O)[C@H]1C. The van der Waals surface area contributed by atoms with Gasteiger partial charge < -0.3 is 4.74 Å². The van der Waals surface area contributed by atoms with Gasteiger partial charge in [0.25, 0.3) is 0 Å². The van der Waals surface area contributed by atoms with Crippen LogP contribution in [0.3, 0.4) is 0 Å². The molecule has 1 rings (SSSR count). The summed E-state index contributed by atoms with van der Waals surface area (Å²) in [6.07, 6.45) is -0.202. The Bertz CT molecular complexity index is 214. The highest BCUT2D eigenvalue weighted by Gasteiger charge is 2.41. The Kier molecular flexibility index (Phi) is 2.47. The molecular weight excluding hydrogens is 158 g/mol. The molecule has 2 amide bonds. The fourth-order valence-electron chi connectivity index (χ4n) is 1.48. The molecule has 1 saturated heterocycles. The van der Waals surface area contributed by atoms with E-state index in [9.17, 15) is 9.59 Å². The minimum atomic E-state index is -0.331. The smallest absolute Gasteiger partial charge is 0.233 e. The Hall–Kier alpha value is -0.900. The van der Waals surface area contributed by atoms with Gasteiger partial charge in [-0.3, -0.25) is 14.9 Å². The highest BCUT2D eigenvalue weighted by Crippen LogP contribution is 2.23. The van der Waals surface area contributed by atoms with Crippen molar-refractivity contribution >= 4 is 11.8 Å². The topological polar surface area (TPSA) is 55.4 Å². The number of amides is 2. The van der Waals surface area contributed by atoms with Crippen LogP contribution in [-0.4, -0.2) is 25.0 Å². The van der Waals surface area contributed by atoms with Gasteiger partial charge in [-0.25, -0.2) is 0 Å². The van der Waals surface area contributed by atoms with E-state index < -0.39 is 0 Å². The van der Waals surface area contributed by atoms with Crippen LogP contribution in [0.2, 0.25) is 0 Å². The molecule has 1 N–H and O–H groups in total. The maximum absolute atomic E-state index is 11.2. The average Bonchev–Trinajstić information content (AvgIpc) is 2.26. The largest absolute Gasteiger partial charge is 0.381 e. The maximum Gasteiger partial charge on any atom is 0.233 e. The molecule has 0 spiro atoms. The number of nitrogens with one attached hydrogen (secondary N) is 1. The Morgan fingerprint density at radius 1 is 1.42 bits per heavy atom. The van der Waals surface area contributed by atoms with Crippen molar-refractivity contribution in [3.63, 3.8) is 0 Å². The van der Waals surface area contributed by atoms with Crippen LogP contribution in [-0.2, 0) is 14.3 Å². The van der Waals surface area contributed by atoms with E-state index in [1.165, 1.54) is 7.11 Å². The van der Waals surface area contributed by atoms with Gasteiger partial charge in [-0.2, -0.15) is 0 Å². The first-order valence-corrected chi connectivity index (χ1v) is 3.95. The normalized spacial score (nSPS) is 31.9. The summed E-state index contributed by atoms with van der Waals surface area (Å²) >= 11 is 0. The summed E-state index contributed by atoms with van der Waals surface area (Å²) in [7, 11) is 1.54. The first-order valence-electron chi connectivity index (χ1n) is 3.95. The van der Waals surface area contributed by atoms with E-state index in [1.807, 2.05) is 0 Å². The van der Waals surface area contributed by atoms with E-state index in [0.717, 1.165) is 0 Å². The van der Waals surface area contributed by atoms with Crippen LogP contribution < -0.4 is 5.32 Å². The molecule has 0 radical (unpaired) electrons. The van der Waals surface area contributed by atoms with E-state index in [1.54, 1.807) is 13.8 Å². The monoisotopic (exact) mass is 171 g/mol. The Morgan fingerprint density at radius 2 is 2.00 bits per heavy atom. The lowest BCUT2D eigenvalue weighted by molar-refractivity contribution is -0.127. The highest BCUT2D eigenvalue weighted by atomic mass is 16.5. The zero-order valence-corrected chi connectivity index (χ0v) is 7.46. The molecule has 0 aliphatic carbocycles. The molecule has 1 heterocycles. The van der Waals surface area contributed by atoms with Gasteiger partial charge in [0.05, 0.1) is 12.0 Å². The zero-order valence-electron chi connectivity index (χ0n) is 7.46. The van der Waals surface area contributed by atoms with E-state index in [2.05, 4.69) is 5.32 Å². The molecule has 4 heteroatoms. The first-order chi connectivity index (χ1) is 5.57. The van der Waals surface area contributed by atoms with Crippen LogP contribution in [0.15, 0.2) is 0 Å². The minimum Gasteiger partial charge on any atom is -0.381 e. The minimum absolute atomic E-state index is 0.200. The van der Waals surface area contributed by atoms with Crippen molar-refractivity contribution in [3.8, 4) is 0 Å². The van der Waals surface area contributed by atoms with Crippen molar-refractivity contribution in [2.75, 3.05) is 7.11 Å². The summed E-state index contributed by atoms with van der Waals surface area (Å²) < 4.78 is 5.01. The van der Waals surface area contributed by atoms with Gasteiger partial charge in [-0.05, 0) is 6.92 Å². The molecule has 0 aromatic rings. The van der Waals surface area contributed by atoms with Crippen LogP contribution in [0, 0.1) is 11.8 Å². The van der Waals surface area contributed by atoms with Gasteiger partial charge in [0.1, 0.15) is 0 Å². The van der Waals surface area contributed by atoms with Crippen molar-refractivity contribution < 1.29 is 14.3 Å². The lowest BCUT2D eigenvalue weighted by Gasteiger charge is -2.17. The van der Waals surface area contributed by atoms with Crippen molar-refractivity contribution in [1.82, 2.24) is 5.32 Å². The van der Waals surface area contributed by atoms with Crippen molar-refractivity contribution in [2.45, 2.75) is 20.0 Å². The molecule has 0 saturated carbocycles. The van der Waals surface area contributed by atoms with Gasteiger partial charge in [0.2, 0.25) is 11.8 Å². The van der Waals surface area contributed by atoms with Crippen LogP contribution in [0.1, 0.15) is 13.8 Å². The fraction of sp³-hybridized carbons (Fsp3) is 0.750. The van der Waals surface area contributed by atoms with Crippen LogP contribution in [0.5, 0.6) is 0 Å². The van der Waals surface area contributed by atoms with Crippen molar-refractivity contribution in [2.24, 2.45) is 11.8 Å². The molecule has 1 aliphatic rings. The highest BCUT2D eigenvalue weighted by molar-refractivity contribution is 6.05. The molecule has 1 aliphatic heterocycles. The number of ether oxygens (including phenoxy) is 1. The van der Waals surface area contributed by atoms with Crippen molar-refractivity contribution in [3.05, 3.63) is 0 Å². The molecular formula is C8H13NO3. The van der Waals surface area contributed by atoms with Gasteiger partial charge >= 0.3 is 0 Å². The quantitative estimate of drug-likeness (QED) is 0.592. The third-order valence-electron chi connectivity index (χ3n) is 2.38. The molecule has 68 valence electrons. The van der Waals surface area contributed by atoms with E-state index >= 15 is 0 Å². The molecule has 4 nitrogen and oxygen atoms in total. The van der Waals surface area contributed by atoms with E-state index in [0.29, 0.717) is 0 Å². The lowest BCUT2D eigenvalue weighted by Crippen LogP contribution is -2.30. The number of hydrogen-bond acceptors (Lipinski definition) is 3. The molecule has 3 atom stereocenters. The number of rotatable bonds is 2. The zero-order chi connectivity index (χ0) is 9.30. The first kappa shape index (κ1) is 9.19. The molecule has 0 bridgehead atoms. The molecule has 0 unspecified atom stereocenters. The van der Waals surface area contributed by atoms with Crippen LogP contribution in [0.4, 0.5) is 0 Å². The number of methoxy groups -OCH3 is 1. The number of imide groups is 1. The lowest BCUT2D eigenvalue weighted by atomic mass is 9.92. The van der Waals surface area contributed by atoms with Gasteiger partial charge in [0.15, 0.2) is 0 Å². The van der Waals surface area contributed by atoms with E-state index in [-0.39, 0.29) is 29.8 Å². The van der Waals surface area contributed by atoms with Crippen LogP contribution >= 0.6 is 0 Å². The summed E-state index contributed by atoms with van der Waals surface area (Å²) in [5, 5.41) is 2.27. The average molecular weight is 171 g/mol. The Balaban J connectivity index is 2.76. The maximum atomic E-state index is 11.2. The summed E-state index contributed by atoms with van der Waals surface area (Å²) in [4.78, 5) is 22.2. The van der Waals surface area contributed by atoms with Gasteiger partial charge in [-0.1, -0.05) is 6.92 Å². The molecule has 0 aromatic heterocycles. The number of carbonyl (C=O) groups excluding carboxylic acids is 2. The fourth-order valence-corrected chi connectivity index (χ4v) is 1.48. The van der Waals surface area contributed by atoms with Gasteiger partial charge in [-0.15, -0.1) is 0 Å². The summed E-state index contributed by atoms with van der Waals surface area (Å²) in [5.74, 6) is -1.02. The van der Waals surface area contributed by atoms with Crippen molar-refractivity contribution in [1.29, 1.82) is 0 Å². The standard InChI is InChI=1S/C8H13NO3/c1-4-6(5(2)12-3)8(11)9-7(4)10/h4-6H,1-3H3,(H,9,10,11)/t4-,5-,6+/m0/s1. The second kappa shape index (κ2) is 3.23. The van der Waals surface area contributed by atoms with Gasteiger partial charge in [0, 0.05) is 13.0 Å². The summed E-state index contributed by atoms with van der Waals surface area (Å²) in [6, 6.07) is 0. The Labute approximate surface area is 71.3 Å². The second-order valence-corrected chi connectivity index (χ2v) is 3.11. The number of hydrogen-bond donors (Lipinski definition) is 1.